The minimum atomic E-state index is -0.139. The van der Waals surface area contributed by atoms with Crippen LogP contribution in [0.25, 0.3) is 0 Å². The van der Waals surface area contributed by atoms with Gasteiger partial charge >= 0.3 is 0 Å². The van der Waals surface area contributed by atoms with E-state index in [-0.39, 0.29) is 11.2 Å². The van der Waals surface area contributed by atoms with Crippen LogP contribution in [0.3, 0.4) is 0 Å². The van der Waals surface area contributed by atoms with Crippen molar-refractivity contribution in [2.24, 2.45) is 0 Å². The van der Waals surface area contributed by atoms with E-state index in [0.717, 1.165) is 27.3 Å². The number of hydrogen-bond donors (Lipinski definition) is 1. The van der Waals surface area contributed by atoms with Crippen molar-refractivity contribution in [1.82, 2.24) is 15.5 Å². The third kappa shape index (κ3) is 6.22. The van der Waals surface area contributed by atoms with E-state index >= 15 is 0 Å². The summed E-state index contributed by atoms with van der Waals surface area (Å²) in [6.07, 6.45) is 4.68. The second kappa shape index (κ2) is 9.94. The van der Waals surface area contributed by atoms with Gasteiger partial charge in [-0.1, -0.05) is 85.8 Å². The van der Waals surface area contributed by atoms with Crippen LogP contribution in [-0.2, 0) is 10.5 Å². The van der Waals surface area contributed by atoms with Gasteiger partial charge in [0.25, 0.3) is 0 Å². The maximum Gasteiger partial charge on any atom is 0.233 e. The lowest BCUT2D eigenvalue weighted by atomic mass is 10.0. The molecule has 0 spiro atoms. The van der Waals surface area contributed by atoms with E-state index in [2.05, 4.69) is 53.6 Å². The zero-order valence-corrected chi connectivity index (χ0v) is 18.6. The number of carbonyl (C=O) groups is 1. The molecule has 1 N–H and O–H groups in total. The van der Waals surface area contributed by atoms with Crippen LogP contribution in [0.15, 0.2) is 32.9 Å². The van der Waals surface area contributed by atoms with Crippen LogP contribution in [0.5, 0.6) is 0 Å². The highest BCUT2D eigenvalue weighted by Gasteiger charge is 2.22. The Bertz CT molecular complexity index is 739. The van der Waals surface area contributed by atoms with Gasteiger partial charge in [0, 0.05) is 11.8 Å². The van der Waals surface area contributed by atoms with Crippen molar-refractivity contribution in [3.63, 3.8) is 0 Å². The molecule has 27 heavy (non-hydrogen) atoms. The Morgan fingerprint density at radius 2 is 1.81 bits per heavy atom. The molecule has 1 atom stereocenters. The van der Waals surface area contributed by atoms with E-state index in [0.29, 0.717) is 12.0 Å². The van der Waals surface area contributed by atoms with Crippen molar-refractivity contribution in [3.05, 3.63) is 35.4 Å². The van der Waals surface area contributed by atoms with E-state index < -0.39 is 0 Å². The van der Waals surface area contributed by atoms with Crippen molar-refractivity contribution in [2.75, 3.05) is 0 Å². The molecule has 4 nitrogen and oxygen atoms in total. The van der Waals surface area contributed by atoms with Crippen LogP contribution >= 0.6 is 34.9 Å². The summed E-state index contributed by atoms with van der Waals surface area (Å²) in [6.45, 7) is 6.36. The van der Waals surface area contributed by atoms with Gasteiger partial charge in [-0.15, -0.1) is 10.2 Å². The monoisotopic (exact) mass is 421 g/mol. The maximum absolute atomic E-state index is 12.3. The summed E-state index contributed by atoms with van der Waals surface area (Å²) in [4.78, 5) is 12.3. The van der Waals surface area contributed by atoms with Gasteiger partial charge in [0.2, 0.25) is 5.91 Å². The molecule has 0 bridgehead atoms. The van der Waals surface area contributed by atoms with Gasteiger partial charge in [-0.2, -0.15) is 0 Å². The summed E-state index contributed by atoms with van der Waals surface area (Å²) < 4.78 is 1.82. The van der Waals surface area contributed by atoms with Gasteiger partial charge < -0.3 is 5.32 Å². The quantitative estimate of drug-likeness (QED) is 0.571. The summed E-state index contributed by atoms with van der Waals surface area (Å²) in [5.74, 6) is 1.55. The largest absolute Gasteiger partial charge is 0.352 e. The standard InChI is InChI=1S/C20H27N3OS3/c1-13(2)16-10-8-15(9-11-16)12-25-19-22-23-20(27-19)26-14(3)18(24)21-17-6-4-5-7-17/h8-11,13-14,17H,4-7,12H2,1-3H3,(H,21,24). The van der Waals surface area contributed by atoms with Crippen LogP contribution in [0.2, 0.25) is 0 Å². The van der Waals surface area contributed by atoms with Crippen molar-refractivity contribution < 1.29 is 4.79 Å². The van der Waals surface area contributed by atoms with Crippen LogP contribution in [0.4, 0.5) is 0 Å². The van der Waals surface area contributed by atoms with Crippen molar-refractivity contribution in [1.29, 1.82) is 0 Å². The number of nitrogens with zero attached hydrogens (tertiary/aromatic N) is 2. The lowest BCUT2D eigenvalue weighted by molar-refractivity contribution is -0.120. The van der Waals surface area contributed by atoms with Gasteiger partial charge in [-0.3, -0.25) is 4.79 Å². The topological polar surface area (TPSA) is 54.9 Å². The Kier molecular flexibility index (Phi) is 7.61. The second-order valence-corrected chi connectivity index (χ2v) is 11.1. The maximum atomic E-state index is 12.3. The van der Waals surface area contributed by atoms with Crippen LogP contribution in [0, 0.1) is 0 Å². The number of rotatable bonds is 8. The number of aromatic nitrogens is 2. The lowest BCUT2D eigenvalue weighted by Crippen LogP contribution is -2.37. The molecule has 146 valence electrons. The van der Waals surface area contributed by atoms with Crippen LogP contribution in [0.1, 0.15) is 63.5 Å². The molecule has 1 unspecified atom stereocenters. The number of thioether (sulfide) groups is 2. The molecule has 1 saturated carbocycles. The van der Waals surface area contributed by atoms with E-state index in [1.165, 1.54) is 35.7 Å². The lowest BCUT2D eigenvalue weighted by Gasteiger charge is -2.15. The SMILES string of the molecule is CC(Sc1nnc(SCc2ccc(C(C)C)cc2)s1)C(=O)NC1CCCC1. The van der Waals surface area contributed by atoms with Crippen molar-refractivity contribution in [2.45, 2.75) is 78.1 Å². The molecular weight excluding hydrogens is 394 g/mol. The zero-order chi connectivity index (χ0) is 19.2. The first-order valence-electron chi connectivity index (χ1n) is 9.53. The first-order valence-corrected chi connectivity index (χ1v) is 12.2. The molecule has 0 aliphatic heterocycles. The molecule has 1 aromatic carbocycles. The molecule has 1 heterocycles. The summed E-state index contributed by atoms with van der Waals surface area (Å²) in [7, 11) is 0. The van der Waals surface area contributed by atoms with Crippen LogP contribution < -0.4 is 5.32 Å². The number of carbonyl (C=O) groups excluding carboxylic acids is 1. The molecule has 1 aliphatic carbocycles. The normalized spacial score (nSPS) is 16.0. The predicted octanol–water partition coefficient (Wildman–Crippen LogP) is 5.49. The van der Waals surface area contributed by atoms with E-state index in [1.54, 1.807) is 23.1 Å². The smallest absolute Gasteiger partial charge is 0.233 e. The average molecular weight is 422 g/mol. The fraction of sp³-hybridized carbons (Fsp3) is 0.550. The molecule has 0 radical (unpaired) electrons. The molecule has 1 amide bonds. The summed E-state index contributed by atoms with van der Waals surface area (Å²) in [5.41, 5.74) is 2.65. The Balaban J connectivity index is 1.46. The first kappa shape index (κ1) is 20.7. The van der Waals surface area contributed by atoms with Crippen molar-refractivity contribution in [3.8, 4) is 0 Å². The minimum absolute atomic E-state index is 0.113. The van der Waals surface area contributed by atoms with Gasteiger partial charge in [0.15, 0.2) is 8.68 Å². The number of benzene rings is 1. The predicted molar refractivity (Wildman–Crippen MR) is 116 cm³/mol. The molecule has 0 saturated heterocycles. The molecule has 7 heteroatoms. The summed E-state index contributed by atoms with van der Waals surface area (Å²) in [6, 6.07) is 9.14. The third-order valence-electron chi connectivity index (χ3n) is 4.74. The fourth-order valence-corrected chi connectivity index (χ4v) is 6.17. The van der Waals surface area contributed by atoms with Crippen molar-refractivity contribution >= 4 is 40.8 Å². The first-order chi connectivity index (χ1) is 13.0. The van der Waals surface area contributed by atoms with E-state index in [9.17, 15) is 4.79 Å². The third-order valence-corrected chi connectivity index (χ3v) is 8.06. The molecule has 1 fully saturated rings. The highest BCUT2D eigenvalue weighted by atomic mass is 32.2. The highest BCUT2D eigenvalue weighted by molar-refractivity contribution is 8.03. The van der Waals surface area contributed by atoms with Gasteiger partial charge in [0.1, 0.15) is 0 Å². The van der Waals surface area contributed by atoms with Gasteiger partial charge in [0.05, 0.1) is 5.25 Å². The molecule has 1 aromatic heterocycles. The van der Waals surface area contributed by atoms with E-state index in [4.69, 9.17) is 0 Å². The zero-order valence-electron chi connectivity index (χ0n) is 16.1. The Labute approximate surface area is 174 Å². The summed E-state index contributed by atoms with van der Waals surface area (Å²) in [5, 5.41) is 11.5. The number of hydrogen-bond acceptors (Lipinski definition) is 6. The molecule has 3 rings (SSSR count). The summed E-state index contributed by atoms with van der Waals surface area (Å²) >= 11 is 4.78. The molecule has 2 aromatic rings. The second-order valence-electron chi connectivity index (χ2n) is 7.27. The van der Waals surface area contributed by atoms with Gasteiger partial charge in [-0.05, 0) is 36.8 Å². The Morgan fingerprint density at radius 3 is 2.48 bits per heavy atom. The molecule has 1 aliphatic rings. The number of nitrogens with one attached hydrogen (secondary N) is 1. The molecular formula is C20H27N3OS3. The number of amides is 1. The fourth-order valence-electron chi connectivity index (χ4n) is 3.04. The minimum Gasteiger partial charge on any atom is -0.352 e. The Morgan fingerprint density at radius 1 is 1.15 bits per heavy atom. The van der Waals surface area contributed by atoms with Crippen LogP contribution in [-0.4, -0.2) is 27.4 Å². The Hall–Kier alpha value is -1.05. The van der Waals surface area contributed by atoms with Gasteiger partial charge in [-0.25, -0.2) is 0 Å². The highest BCUT2D eigenvalue weighted by Crippen LogP contribution is 2.33. The van der Waals surface area contributed by atoms with E-state index in [1.807, 2.05) is 6.92 Å². The average Bonchev–Trinajstić information content (AvgIpc) is 3.32.